The van der Waals surface area contributed by atoms with Crippen molar-refractivity contribution < 1.29 is 4.79 Å². The molecule has 0 atom stereocenters. The van der Waals surface area contributed by atoms with E-state index in [2.05, 4.69) is 10.2 Å². The maximum absolute atomic E-state index is 12.4. The minimum Gasteiger partial charge on any atom is -0.342 e. The number of hydrogen-bond donors (Lipinski definition) is 0. The molecule has 2 heterocycles. The highest BCUT2D eigenvalue weighted by atomic mass is 32.2. The number of carbonyl (C=O) groups excluding carboxylic acids is 1. The van der Waals surface area contributed by atoms with Crippen LogP contribution in [0.5, 0.6) is 0 Å². The first kappa shape index (κ1) is 18.6. The molecule has 4 rings (SSSR count). The van der Waals surface area contributed by atoms with Crippen molar-refractivity contribution in [3.63, 3.8) is 0 Å². The molecule has 0 N–H and O–H groups in total. The van der Waals surface area contributed by atoms with Crippen molar-refractivity contribution in [3.05, 3.63) is 60.7 Å². The maximum Gasteiger partial charge on any atom is 0.233 e. The molecule has 142 valence electrons. The van der Waals surface area contributed by atoms with E-state index in [0.717, 1.165) is 48.4 Å². The van der Waals surface area contributed by atoms with Gasteiger partial charge in [0.25, 0.3) is 0 Å². The third-order valence-electron chi connectivity index (χ3n) is 4.80. The summed E-state index contributed by atoms with van der Waals surface area (Å²) in [6.45, 7) is 1.72. The fourth-order valence-electron chi connectivity index (χ4n) is 3.32. The number of nitrogens with zero attached hydrogens (tertiary/aromatic N) is 4. The Balaban J connectivity index is 1.58. The van der Waals surface area contributed by atoms with E-state index in [-0.39, 0.29) is 5.91 Å². The Bertz CT molecular complexity index is 928. The minimum absolute atomic E-state index is 0.154. The van der Waals surface area contributed by atoms with Crippen molar-refractivity contribution in [2.45, 2.75) is 24.4 Å². The van der Waals surface area contributed by atoms with E-state index in [1.165, 1.54) is 18.2 Å². The number of carbonyl (C=O) groups is 1. The first-order valence-electron chi connectivity index (χ1n) is 9.57. The summed E-state index contributed by atoms with van der Waals surface area (Å²) in [5, 5.41) is 9.28. The molecule has 0 bridgehead atoms. The molecule has 0 radical (unpaired) electrons. The van der Waals surface area contributed by atoms with Gasteiger partial charge in [-0.1, -0.05) is 72.4 Å². The smallest absolute Gasteiger partial charge is 0.233 e. The molecule has 1 aliphatic rings. The average Bonchev–Trinajstić information content (AvgIpc) is 2.79. The molecule has 28 heavy (non-hydrogen) atoms. The van der Waals surface area contributed by atoms with Crippen molar-refractivity contribution >= 4 is 17.7 Å². The Labute approximate surface area is 169 Å². The summed E-state index contributed by atoms with van der Waals surface area (Å²) >= 11 is 1.36. The van der Waals surface area contributed by atoms with Gasteiger partial charge in [-0.3, -0.25) is 4.79 Å². The standard InChI is InChI=1S/C22H22N4OS/c27-19(26-14-8-3-9-15-26)16-28-22-23-20(17-10-4-1-5-11-17)21(24-25-22)18-12-6-2-7-13-18/h1-2,4-7,10-13H,3,8-9,14-16H2. The molecule has 3 aromatic rings. The van der Waals surface area contributed by atoms with Crippen molar-refractivity contribution in [3.8, 4) is 22.5 Å². The van der Waals surface area contributed by atoms with E-state index >= 15 is 0 Å². The number of likely N-dealkylation sites (tertiary alicyclic amines) is 1. The Morgan fingerprint density at radius 3 is 2.07 bits per heavy atom. The zero-order valence-electron chi connectivity index (χ0n) is 15.6. The van der Waals surface area contributed by atoms with Crippen molar-refractivity contribution in [2.24, 2.45) is 0 Å². The van der Waals surface area contributed by atoms with Crippen LogP contribution in [-0.4, -0.2) is 44.8 Å². The maximum atomic E-state index is 12.4. The molecule has 1 aromatic heterocycles. The van der Waals surface area contributed by atoms with Crippen LogP contribution in [-0.2, 0) is 4.79 Å². The molecular weight excluding hydrogens is 368 g/mol. The number of piperidine rings is 1. The van der Waals surface area contributed by atoms with Gasteiger partial charge >= 0.3 is 0 Å². The quantitative estimate of drug-likeness (QED) is 0.608. The molecule has 5 nitrogen and oxygen atoms in total. The average molecular weight is 391 g/mol. The predicted octanol–water partition coefficient (Wildman–Crippen LogP) is 4.31. The number of hydrogen-bond acceptors (Lipinski definition) is 5. The second-order valence-electron chi connectivity index (χ2n) is 6.75. The number of aromatic nitrogens is 3. The number of amides is 1. The van der Waals surface area contributed by atoms with Gasteiger partial charge in [-0.05, 0) is 19.3 Å². The van der Waals surface area contributed by atoms with Crippen molar-refractivity contribution in [1.29, 1.82) is 0 Å². The molecular formula is C22H22N4OS. The molecule has 1 saturated heterocycles. The monoisotopic (exact) mass is 390 g/mol. The molecule has 0 saturated carbocycles. The fourth-order valence-corrected chi connectivity index (χ4v) is 4.01. The lowest BCUT2D eigenvalue weighted by Crippen LogP contribution is -2.36. The lowest BCUT2D eigenvalue weighted by atomic mass is 10.0. The Kier molecular flexibility index (Phi) is 5.97. The lowest BCUT2D eigenvalue weighted by molar-refractivity contribution is -0.129. The van der Waals surface area contributed by atoms with E-state index in [4.69, 9.17) is 4.98 Å². The highest BCUT2D eigenvalue weighted by Gasteiger charge is 2.18. The third kappa shape index (κ3) is 4.39. The Hall–Kier alpha value is -2.73. The van der Waals surface area contributed by atoms with Gasteiger partial charge in [-0.2, -0.15) is 0 Å². The van der Waals surface area contributed by atoms with Crippen LogP contribution >= 0.6 is 11.8 Å². The number of benzene rings is 2. The number of thioether (sulfide) groups is 1. The van der Waals surface area contributed by atoms with Crippen molar-refractivity contribution in [1.82, 2.24) is 20.1 Å². The highest BCUT2D eigenvalue weighted by molar-refractivity contribution is 7.99. The van der Waals surface area contributed by atoms with Gasteiger partial charge in [0.15, 0.2) is 0 Å². The summed E-state index contributed by atoms with van der Waals surface area (Å²) in [5.74, 6) is 0.502. The van der Waals surface area contributed by atoms with E-state index in [0.29, 0.717) is 10.9 Å². The zero-order chi connectivity index (χ0) is 19.2. The van der Waals surface area contributed by atoms with E-state index < -0.39 is 0 Å². The lowest BCUT2D eigenvalue weighted by Gasteiger charge is -2.26. The van der Waals surface area contributed by atoms with Gasteiger partial charge in [0.05, 0.1) is 5.75 Å². The highest BCUT2D eigenvalue weighted by Crippen LogP contribution is 2.29. The van der Waals surface area contributed by atoms with Crippen LogP contribution in [0.25, 0.3) is 22.5 Å². The zero-order valence-corrected chi connectivity index (χ0v) is 16.4. The van der Waals surface area contributed by atoms with E-state index in [1.807, 2.05) is 65.6 Å². The van der Waals surface area contributed by atoms with E-state index in [9.17, 15) is 4.79 Å². The van der Waals surface area contributed by atoms with Gasteiger partial charge in [0.2, 0.25) is 11.1 Å². The second-order valence-corrected chi connectivity index (χ2v) is 7.70. The van der Waals surface area contributed by atoms with E-state index in [1.54, 1.807) is 0 Å². The van der Waals surface area contributed by atoms with Crippen molar-refractivity contribution in [2.75, 3.05) is 18.8 Å². The largest absolute Gasteiger partial charge is 0.342 e. The third-order valence-corrected chi connectivity index (χ3v) is 5.62. The summed E-state index contributed by atoms with van der Waals surface area (Å²) < 4.78 is 0. The molecule has 6 heteroatoms. The fraction of sp³-hybridized carbons (Fsp3) is 0.273. The van der Waals surface area contributed by atoms with Gasteiger partial charge in [-0.15, -0.1) is 10.2 Å². The minimum atomic E-state index is 0.154. The molecule has 1 fully saturated rings. The molecule has 1 aliphatic heterocycles. The molecule has 0 aliphatic carbocycles. The van der Waals surface area contributed by atoms with Gasteiger partial charge in [-0.25, -0.2) is 4.98 Å². The molecule has 0 spiro atoms. The molecule has 0 unspecified atom stereocenters. The Morgan fingerprint density at radius 1 is 0.821 bits per heavy atom. The summed E-state index contributed by atoms with van der Waals surface area (Å²) in [5.41, 5.74) is 3.50. The van der Waals surface area contributed by atoms with Gasteiger partial charge in [0, 0.05) is 24.2 Å². The summed E-state index contributed by atoms with van der Waals surface area (Å²) in [6.07, 6.45) is 3.40. The summed E-state index contributed by atoms with van der Waals surface area (Å²) in [7, 11) is 0. The predicted molar refractivity (Wildman–Crippen MR) is 112 cm³/mol. The normalized spacial score (nSPS) is 14.1. The Morgan fingerprint density at radius 2 is 1.43 bits per heavy atom. The molecule has 2 aromatic carbocycles. The van der Waals surface area contributed by atoms with Gasteiger partial charge in [0.1, 0.15) is 11.4 Å². The van der Waals surface area contributed by atoms with Crippen LogP contribution in [0.2, 0.25) is 0 Å². The first-order valence-corrected chi connectivity index (χ1v) is 10.6. The van der Waals surface area contributed by atoms with Crippen LogP contribution in [0, 0.1) is 0 Å². The summed E-state index contributed by atoms with van der Waals surface area (Å²) in [4.78, 5) is 19.1. The van der Waals surface area contributed by atoms with Crippen LogP contribution < -0.4 is 0 Å². The molecule has 1 amide bonds. The van der Waals surface area contributed by atoms with Crippen LogP contribution in [0.15, 0.2) is 65.8 Å². The summed E-state index contributed by atoms with van der Waals surface area (Å²) in [6, 6.07) is 19.9. The topological polar surface area (TPSA) is 59.0 Å². The van der Waals surface area contributed by atoms with Crippen LogP contribution in [0.1, 0.15) is 19.3 Å². The number of rotatable bonds is 5. The SMILES string of the molecule is O=C(CSc1nnc(-c2ccccc2)c(-c2ccccc2)n1)N1CCCCC1. The van der Waals surface area contributed by atoms with Crippen LogP contribution in [0.3, 0.4) is 0 Å². The van der Waals surface area contributed by atoms with Crippen LogP contribution in [0.4, 0.5) is 0 Å². The first-order chi connectivity index (χ1) is 13.8. The second kappa shape index (κ2) is 8.97. The van der Waals surface area contributed by atoms with Gasteiger partial charge < -0.3 is 4.90 Å².